The van der Waals surface area contributed by atoms with Crippen molar-refractivity contribution in [1.29, 1.82) is 0 Å². The second-order valence-electron chi connectivity index (χ2n) is 4.17. The lowest BCUT2D eigenvalue weighted by Crippen LogP contribution is -2.48. The fourth-order valence-corrected chi connectivity index (χ4v) is 2.02. The van der Waals surface area contributed by atoms with E-state index in [4.69, 9.17) is 5.73 Å². The molecule has 1 aromatic carbocycles. The largest absolute Gasteiger partial charge is 0.320 e. The van der Waals surface area contributed by atoms with Crippen molar-refractivity contribution in [2.45, 2.75) is 25.8 Å². The summed E-state index contributed by atoms with van der Waals surface area (Å²) in [5.41, 5.74) is 7.24. The molecule has 0 aromatic heterocycles. The zero-order valence-electron chi connectivity index (χ0n) is 9.24. The predicted molar refractivity (Wildman–Crippen MR) is 60.7 cm³/mol. The Morgan fingerprint density at radius 2 is 2.25 bits per heavy atom. The molecule has 16 heavy (non-hydrogen) atoms. The number of aryl methyl sites for hydroxylation is 1. The van der Waals surface area contributed by atoms with Crippen molar-refractivity contribution in [3.63, 3.8) is 0 Å². The summed E-state index contributed by atoms with van der Waals surface area (Å²) < 4.78 is 13.2. The normalized spacial score (nSPS) is 21.3. The van der Waals surface area contributed by atoms with E-state index >= 15 is 0 Å². The SMILES string of the molecule is Cc1ccc(F)cc1N1CCCC(N)C1=O. The molecule has 0 saturated carbocycles. The fourth-order valence-electron chi connectivity index (χ4n) is 2.02. The molecule has 0 bridgehead atoms. The van der Waals surface area contributed by atoms with Gasteiger partial charge in [0, 0.05) is 12.2 Å². The summed E-state index contributed by atoms with van der Waals surface area (Å²) >= 11 is 0. The van der Waals surface area contributed by atoms with Gasteiger partial charge in [-0.15, -0.1) is 0 Å². The summed E-state index contributed by atoms with van der Waals surface area (Å²) in [6.45, 7) is 2.49. The van der Waals surface area contributed by atoms with Crippen molar-refractivity contribution >= 4 is 11.6 Å². The van der Waals surface area contributed by atoms with E-state index in [9.17, 15) is 9.18 Å². The Hall–Kier alpha value is -1.42. The van der Waals surface area contributed by atoms with Crippen LogP contribution in [0.1, 0.15) is 18.4 Å². The molecule has 0 aliphatic carbocycles. The minimum absolute atomic E-state index is 0.111. The number of amides is 1. The van der Waals surface area contributed by atoms with Crippen molar-refractivity contribution in [3.05, 3.63) is 29.6 Å². The number of anilines is 1. The van der Waals surface area contributed by atoms with Gasteiger partial charge in [-0.2, -0.15) is 0 Å². The number of carbonyl (C=O) groups is 1. The van der Waals surface area contributed by atoms with E-state index in [0.29, 0.717) is 18.7 Å². The van der Waals surface area contributed by atoms with Crippen LogP contribution in [0.5, 0.6) is 0 Å². The standard InChI is InChI=1S/C12H15FN2O/c1-8-4-5-9(13)7-11(8)15-6-2-3-10(14)12(15)16/h4-5,7,10H,2-3,6,14H2,1H3. The number of rotatable bonds is 1. The second-order valence-corrected chi connectivity index (χ2v) is 4.17. The number of benzene rings is 1. The average molecular weight is 222 g/mol. The molecule has 0 spiro atoms. The van der Waals surface area contributed by atoms with Crippen molar-refractivity contribution < 1.29 is 9.18 Å². The van der Waals surface area contributed by atoms with Gasteiger partial charge in [-0.25, -0.2) is 4.39 Å². The van der Waals surface area contributed by atoms with E-state index in [1.165, 1.54) is 12.1 Å². The summed E-state index contributed by atoms with van der Waals surface area (Å²) in [6, 6.07) is 4.02. The van der Waals surface area contributed by atoms with E-state index in [0.717, 1.165) is 12.0 Å². The molecule has 2 rings (SSSR count). The van der Waals surface area contributed by atoms with Gasteiger partial charge in [-0.1, -0.05) is 6.07 Å². The van der Waals surface area contributed by atoms with Crippen LogP contribution in [0.4, 0.5) is 10.1 Å². The van der Waals surface area contributed by atoms with Crippen LogP contribution < -0.4 is 10.6 Å². The molecule has 1 heterocycles. The van der Waals surface area contributed by atoms with Crippen molar-refractivity contribution in [2.24, 2.45) is 5.73 Å². The molecule has 86 valence electrons. The molecule has 0 radical (unpaired) electrons. The third-order valence-electron chi connectivity index (χ3n) is 2.94. The van der Waals surface area contributed by atoms with E-state index in [1.807, 2.05) is 6.92 Å². The van der Waals surface area contributed by atoms with Crippen LogP contribution in [0.3, 0.4) is 0 Å². The Bertz CT molecular complexity index is 419. The van der Waals surface area contributed by atoms with Crippen LogP contribution in [-0.4, -0.2) is 18.5 Å². The summed E-state index contributed by atoms with van der Waals surface area (Å²) in [7, 11) is 0. The van der Waals surface area contributed by atoms with Crippen LogP contribution in [0.25, 0.3) is 0 Å². The second kappa shape index (κ2) is 4.22. The molecule has 4 heteroatoms. The first-order valence-corrected chi connectivity index (χ1v) is 5.42. The number of piperidine rings is 1. The lowest BCUT2D eigenvalue weighted by molar-refractivity contribution is -0.120. The van der Waals surface area contributed by atoms with Gasteiger partial charge in [0.05, 0.1) is 6.04 Å². The van der Waals surface area contributed by atoms with Crippen molar-refractivity contribution in [2.75, 3.05) is 11.4 Å². The molecule has 1 fully saturated rings. The number of carbonyl (C=O) groups excluding carboxylic acids is 1. The minimum Gasteiger partial charge on any atom is -0.320 e. The van der Waals surface area contributed by atoms with Gasteiger partial charge in [0.1, 0.15) is 5.82 Å². The summed E-state index contributed by atoms with van der Waals surface area (Å²) in [5, 5.41) is 0. The number of halogens is 1. The smallest absolute Gasteiger partial charge is 0.243 e. The Morgan fingerprint density at radius 1 is 1.50 bits per heavy atom. The highest BCUT2D eigenvalue weighted by Gasteiger charge is 2.27. The first-order chi connectivity index (χ1) is 7.59. The number of hydrogen-bond donors (Lipinski definition) is 1. The highest BCUT2D eigenvalue weighted by atomic mass is 19.1. The Labute approximate surface area is 94.0 Å². The highest BCUT2D eigenvalue weighted by Crippen LogP contribution is 2.24. The van der Waals surface area contributed by atoms with Gasteiger partial charge in [0.15, 0.2) is 0 Å². The molecule has 3 nitrogen and oxygen atoms in total. The minimum atomic E-state index is -0.448. The molecular weight excluding hydrogens is 207 g/mol. The molecule has 1 amide bonds. The maximum Gasteiger partial charge on any atom is 0.243 e. The maximum atomic E-state index is 13.2. The third kappa shape index (κ3) is 1.93. The van der Waals surface area contributed by atoms with Gasteiger partial charge < -0.3 is 10.6 Å². The maximum absolute atomic E-state index is 13.2. The molecule has 1 atom stereocenters. The number of nitrogens with two attached hydrogens (primary N) is 1. The molecule has 1 aliphatic heterocycles. The van der Waals surface area contributed by atoms with Crippen LogP contribution in [0.15, 0.2) is 18.2 Å². The van der Waals surface area contributed by atoms with Crippen LogP contribution in [0, 0.1) is 12.7 Å². The van der Waals surface area contributed by atoms with E-state index in [1.54, 1.807) is 11.0 Å². The van der Waals surface area contributed by atoms with E-state index in [-0.39, 0.29) is 11.7 Å². The first-order valence-electron chi connectivity index (χ1n) is 5.42. The zero-order valence-corrected chi connectivity index (χ0v) is 9.24. The summed E-state index contributed by atoms with van der Waals surface area (Å²) in [6.07, 6.45) is 1.58. The van der Waals surface area contributed by atoms with Crippen molar-refractivity contribution in [3.8, 4) is 0 Å². The highest BCUT2D eigenvalue weighted by molar-refractivity contribution is 5.98. The van der Waals surface area contributed by atoms with Gasteiger partial charge in [0.2, 0.25) is 5.91 Å². The van der Waals surface area contributed by atoms with E-state index < -0.39 is 6.04 Å². The lowest BCUT2D eigenvalue weighted by atomic mass is 10.0. The van der Waals surface area contributed by atoms with Gasteiger partial charge in [-0.05, 0) is 37.5 Å². The van der Waals surface area contributed by atoms with Crippen LogP contribution >= 0.6 is 0 Å². The fraction of sp³-hybridized carbons (Fsp3) is 0.417. The van der Waals surface area contributed by atoms with Gasteiger partial charge in [0.25, 0.3) is 0 Å². The van der Waals surface area contributed by atoms with Gasteiger partial charge in [-0.3, -0.25) is 4.79 Å². The summed E-state index contributed by atoms with van der Waals surface area (Å²) in [5.74, 6) is -0.438. The zero-order chi connectivity index (χ0) is 11.7. The first kappa shape index (κ1) is 11.1. The number of hydrogen-bond acceptors (Lipinski definition) is 2. The Morgan fingerprint density at radius 3 is 3.00 bits per heavy atom. The van der Waals surface area contributed by atoms with Gasteiger partial charge >= 0.3 is 0 Å². The molecular formula is C12H15FN2O. The topological polar surface area (TPSA) is 46.3 Å². The Kier molecular flexibility index (Phi) is 2.92. The third-order valence-corrected chi connectivity index (χ3v) is 2.94. The quantitative estimate of drug-likeness (QED) is 0.784. The van der Waals surface area contributed by atoms with Crippen LogP contribution in [0.2, 0.25) is 0 Å². The molecule has 1 aliphatic rings. The predicted octanol–water partition coefficient (Wildman–Crippen LogP) is 1.59. The lowest BCUT2D eigenvalue weighted by Gasteiger charge is -2.31. The van der Waals surface area contributed by atoms with Crippen LogP contribution in [-0.2, 0) is 4.79 Å². The molecule has 2 N–H and O–H groups in total. The van der Waals surface area contributed by atoms with E-state index in [2.05, 4.69) is 0 Å². The molecule has 1 unspecified atom stereocenters. The number of nitrogens with zero attached hydrogens (tertiary/aromatic N) is 1. The van der Waals surface area contributed by atoms with Crippen molar-refractivity contribution in [1.82, 2.24) is 0 Å². The summed E-state index contributed by atoms with van der Waals surface area (Å²) in [4.78, 5) is 13.5. The average Bonchev–Trinajstić information content (AvgIpc) is 2.26. The Balaban J connectivity index is 2.35. The molecule has 1 aromatic rings. The molecule has 1 saturated heterocycles. The monoisotopic (exact) mass is 222 g/mol.